The summed E-state index contributed by atoms with van der Waals surface area (Å²) in [5, 5.41) is 13.3. The second-order valence-electron chi connectivity index (χ2n) is 5.23. The van der Waals surface area contributed by atoms with E-state index in [2.05, 4.69) is 10.2 Å². The zero-order valence-corrected chi connectivity index (χ0v) is 10.5. The van der Waals surface area contributed by atoms with Gasteiger partial charge in [0.25, 0.3) is 0 Å². The summed E-state index contributed by atoms with van der Waals surface area (Å²) in [6.45, 7) is 3.91. The fourth-order valence-electron chi connectivity index (χ4n) is 3.38. The van der Waals surface area contributed by atoms with E-state index in [1.54, 1.807) is 6.07 Å². The number of aliphatic hydroxyl groups excluding tert-OH is 1. The predicted molar refractivity (Wildman–Crippen MR) is 67.9 cm³/mol. The van der Waals surface area contributed by atoms with Crippen LogP contribution < -0.4 is 5.32 Å². The van der Waals surface area contributed by atoms with Crippen molar-refractivity contribution in [3.05, 3.63) is 35.1 Å². The van der Waals surface area contributed by atoms with E-state index in [0.717, 1.165) is 50.1 Å². The number of halogens is 1. The molecule has 1 aromatic rings. The van der Waals surface area contributed by atoms with Crippen LogP contribution in [-0.4, -0.2) is 42.8 Å². The third-order valence-corrected chi connectivity index (χ3v) is 4.36. The molecule has 0 radical (unpaired) electrons. The van der Waals surface area contributed by atoms with E-state index in [0.29, 0.717) is 0 Å². The van der Waals surface area contributed by atoms with Gasteiger partial charge in [-0.25, -0.2) is 4.39 Å². The zero-order valence-electron chi connectivity index (χ0n) is 10.5. The van der Waals surface area contributed by atoms with Gasteiger partial charge in [-0.15, -0.1) is 0 Å². The highest BCUT2D eigenvalue weighted by Crippen LogP contribution is 2.41. The number of benzene rings is 1. The van der Waals surface area contributed by atoms with Crippen LogP contribution in [0.25, 0.3) is 0 Å². The van der Waals surface area contributed by atoms with Crippen molar-refractivity contribution in [3.8, 4) is 0 Å². The van der Waals surface area contributed by atoms with E-state index in [9.17, 15) is 9.50 Å². The summed E-state index contributed by atoms with van der Waals surface area (Å²) >= 11 is 0. The van der Waals surface area contributed by atoms with Crippen LogP contribution in [-0.2, 0) is 12.0 Å². The summed E-state index contributed by atoms with van der Waals surface area (Å²) in [5.74, 6) is -0.178. The van der Waals surface area contributed by atoms with Crippen LogP contribution in [0.5, 0.6) is 0 Å². The van der Waals surface area contributed by atoms with Crippen molar-refractivity contribution < 1.29 is 9.50 Å². The molecule has 4 heteroatoms. The Morgan fingerprint density at radius 2 is 2.11 bits per heavy atom. The van der Waals surface area contributed by atoms with Crippen LogP contribution in [0, 0.1) is 5.82 Å². The molecule has 0 saturated carbocycles. The molecule has 2 aliphatic rings. The molecule has 3 nitrogen and oxygen atoms in total. The van der Waals surface area contributed by atoms with Gasteiger partial charge in [0.2, 0.25) is 0 Å². The van der Waals surface area contributed by atoms with Crippen LogP contribution in [0.1, 0.15) is 17.5 Å². The summed E-state index contributed by atoms with van der Waals surface area (Å²) in [4.78, 5) is 2.35. The summed E-state index contributed by atoms with van der Waals surface area (Å²) in [7, 11) is 0. The number of hydrogen-bond donors (Lipinski definition) is 2. The predicted octanol–water partition coefficient (Wildman–Crippen LogP) is 0.865. The minimum atomic E-state index is -0.287. The van der Waals surface area contributed by atoms with Crippen LogP contribution >= 0.6 is 0 Å². The Morgan fingerprint density at radius 1 is 1.33 bits per heavy atom. The van der Waals surface area contributed by atoms with Crippen LogP contribution in [0.4, 0.5) is 4.39 Å². The van der Waals surface area contributed by atoms with Crippen molar-refractivity contribution in [2.24, 2.45) is 0 Å². The molecule has 1 heterocycles. The van der Waals surface area contributed by atoms with E-state index in [-0.39, 0.29) is 18.0 Å². The summed E-state index contributed by atoms with van der Waals surface area (Å²) < 4.78 is 13.3. The maximum Gasteiger partial charge on any atom is 0.123 e. The fraction of sp³-hybridized carbons (Fsp3) is 0.571. The summed E-state index contributed by atoms with van der Waals surface area (Å²) in [6, 6.07) is 4.99. The summed E-state index contributed by atoms with van der Waals surface area (Å²) in [6.07, 6.45) is 1.75. The number of hydrogen-bond acceptors (Lipinski definition) is 3. The van der Waals surface area contributed by atoms with Crippen molar-refractivity contribution in [2.75, 3.05) is 32.8 Å². The molecule has 1 aliphatic heterocycles. The van der Waals surface area contributed by atoms with E-state index in [1.807, 2.05) is 6.07 Å². The Morgan fingerprint density at radius 3 is 2.83 bits per heavy atom. The highest BCUT2D eigenvalue weighted by molar-refractivity contribution is 5.39. The highest BCUT2D eigenvalue weighted by Gasteiger charge is 2.43. The third-order valence-electron chi connectivity index (χ3n) is 4.36. The van der Waals surface area contributed by atoms with E-state index in [4.69, 9.17) is 0 Å². The molecule has 1 saturated heterocycles. The molecule has 1 aromatic carbocycles. The van der Waals surface area contributed by atoms with Gasteiger partial charge in [0.15, 0.2) is 0 Å². The number of nitrogens with zero attached hydrogens (tertiary/aromatic N) is 1. The van der Waals surface area contributed by atoms with Crippen molar-refractivity contribution in [2.45, 2.75) is 18.4 Å². The second-order valence-corrected chi connectivity index (χ2v) is 5.23. The van der Waals surface area contributed by atoms with E-state index < -0.39 is 0 Å². The first kappa shape index (κ1) is 12.1. The van der Waals surface area contributed by atoms with Crippen molar-refractivity contribution in [1.29, 1.82) is 0 Å². The Hall–Kier alpha value is -0.970. The molecule has 0 spiro atoms. The Bertz CT molecular complexity index is 445. The molecule has 0 aromatic heterocycles. The smallest absolute Gasteiger partial charge is 0.123 e. The van der Waals surface area contributed by atoms with Crippen LogP contribution in [0.15, 0.2) is 18.2 Å². The first-order valence-corrected chi connectivity index (χ1v) is 6.62. The quantitative estimate of drug-likeness (QED) is 0.817. The molecular weight excluding hydrogens is 231 g/mol. The van der Waals surface area contributed by atoms with Gasteiger partial charge in [-0.05, 0) is 36.1 Å². The van der Waals surface area contributed by atoms with Gasteiger partial charge in [-0.1, -0.05) is 6.07 Å². The number of aliphatic hydroxyl groups is 1. The normalized spacial score (nSPS) is 28.3. The van der Waals surface area contributed by atoms with Gasteiger partial charge in [-0.2, -0.15) is 0 Å². The van der Waals surface area contributed by atoms with Gasteiger partial charge in [-0.3, -0.25) is 4.90 Å². The lowest BCUT2D eigenvalue weighted by molar-refractivity contribution is 0.0182. The zero-order chi connectivity index (χ0) is 12.6. The minimum Gasteiger partial charge on any atom is -0.394 e. The summed E-state index contributed by atoms with van der Waals surface area (Å²) in [5.41, 5.74) is 1.89. The van der Waals surface area contributed by atoms with Crippen LogP contribution in [0.3, 0.4) is 0 Å². The van der Waals surface area contributed by atoms with Gasteiger partial charge in [0.05, 0.1) is 12.1 Å². The lowest BCUT2D eigenvalue weighted by atomic mass is 9.90. The maximum atomic E-state index is 13.3. The Kier molecular flexibility index (Phi) is 3.09. The fourth-order valence-corrected chi connectivity index (χ4v) is 3.38. The molecule has 1 unspecified atom stereocenters. The van der Waals surface area contributed by atoms with Gasteiger partial charge in [0.1, 0.15) is 5.82 Å². The minimum absolute atomic E-state index is 0.117. The maximum absolute atomic E-state index is 13.3. The van der Waals surface area contributed by atoms with Crippen LogP contribution in [0.2, 0.25) is 0 Å². The largest absolute Gasteiger partial charge is 0.394 e. The molecule has 2 N–H and O–H groups in total. The average molecular weight is 250 g/mol. The second kappa shape index (κ2) is 4.61. The lowest BCUT2D eigenvalue weighted by Gasteiger charge is -2.43. The average Bonchev–Trinajstić information content (AvgIpc) is 2.79. The topological polar surface area (TPSA) is 35.5 Å². The first-order chi connectivity index (χ1) is 8.76. The van der Waals surface area contributed by atoms with Crippen molar-refractivity contribution >= 4 is 0 Å². The molecule has 1 atom stereocenters. The van der Waals surface area contributed by atoms with E-state index in [1.165, 1.54) is 6.07 Å². The third kappa shape index (κ3) is 1.76. The number of nitrogens with one attached hydrogen (secondary N) is 1. The molecule has 0 amide bonds. The molecule has 0 bridgehead atoms. The van der Waals surface area contributed by atoms with Crippen molar-refractivity contribution in [1.82, 2.24) is 10.2 Å². The molecular formula is C14H19FN2O. The Balaban J connectivity index is 1.99. The molecule has 3 rings (SSSR count). The lowest BCUT2D eigenvalue weighted by Crippen LogP contribution is -2.55. The number of rotatable bonds is 2. The first-order valence-electron chi connectivity index (χ1n) is 6.62. The molecule has 18 heavy (non-hydrogen) atoms. The highest BCUT2D eigenvalue weighted by atomic mass is 19.1. The van der Waals surface area contributed by atoms with Gasteiger partial charge >= 0.3 is 0 Å². The monoisotopic (exact) mass is 250 g/mol. The van der Waals surface area contributed by atoms with Crippen molar-refractivity contribution in [3.63, 3.8) is 0 Å². The van der Waals surface area contributed by atoms with Gasteiger partial charge < -0.3 is 10.4 Å². The molecule has 1 aliphatic carbocycles. The number of aryl methyl sites for hydroxylation is 1. The van der Waals surface area contributed by atoms with Gasteiger partial charge in [0, 0.05) is 26.2 Å². The number of fused-ring (bicyclic) bond motifs is 1. The Labute approximate surface area is 107 Å². The molecule has 1 fully saturated rings. The van der Waals surface area contributed by atoms with E-state index >= 15 is 0 Å². The SMILES string of the molecule is OCC1(N2CCNCC2)CCc2cc(F)ccc21. The molecule has 98 valence electrons. The standard InChI is InChI=1S/C14H19FN2O/c15-12-1-2-13-11(9-12)3-4-14(13,10-18)17-7-5-16-6-8-17/h1-2,9,16,18H,3-8,10H2. The number of piperazine rings is 1.